The van der Waals surface area contributed by atoms with Gasteiger partial charge in [-0.1, -0.05) is 0 Å². The Hall–Kier alpha value is -1.56. The van der Waals surface area contributed by atoms with Crippen LogP contribution in [0, 0.1) is 0 Å². The zero-order valence-corrected chi connectivity index (χ0v) is 12.2. The van der Waals surface area contributed by atoms with Crippen LogP contribution in [0.2, 0.25) is 0 Å². The third-order valence-corrected chi connectivity index (χ3v) is 3.80. The molecular weight excluding hydrogens is 310 g/mol. The SMILES string of the molecule is CN(Cc1ccc(Br)o1)C(=O)c1n[nH]c2c1CCC2. The van der Waals surface area contributed by atoms with E-state index < -0.39 is 0 Å². The maximum absolute atomic E-state index is 12.4. The molecule has 1 aliphatic rings. The van der Waals surface area contributed by atoms with Gasteiger partial charge in [0, 0.05) is 18.3 Å². The third-order valence-electron chi connectivity index (χ3n) is 3.38. The molecule has 2 heterocycles. The number of H-pyrrole nitrogens is 1. The van der Waals surface area contributed by atoms with E-state index in [1.54, 1.807) is 11.9 Å². The van der Waals surface area contributed by atoms with Crippen LogP contribution in [0.3, 0.4) is 0 Å². The Balaban J connectivity index is 1.76. The average Bonchev–Trinajstić information content (AvgIpc) is 3.04. The van der Waals surface area contributed by atoms with E-state index in [1.165, 1.54) is 0 Å². The number of carbonyl (C=O) groups excluding carboxylic acids is 1. The van der Waals surface area contributed by atoms with Crippen molar-refractivity contribution in [2.45, 2.75) is 25.8 Å². The summed E-state index contributed by atoms with van der Waals surface area (Å²) in [7, 11) is 1.76. The van der Waals surface area contributed by atoms with E-state index >= 15 is 0 Å². The highest BCUT2D eigenvalue weighted by molar-refractivity contribution is 9.10. The largest absolute Gasteiger partial charge is 0.452 e. The third kappa shape index (κ3) is 2.32. The van der Waals surface area contributed by atoms with Crippen LogP contribution in [0.1, 0.15) is 33.9 Å². The molecule has 0 bridgehead atoms. The number of aryl methyl sites for hydroxylation is 1. The lowest BCUT2D eigenvalue weighted by atomic mass is 10.2. The van der Waals surface area contributed by atoms with Crippen molar-refractivity contribution in [3.63, 3.8) is 0 Å². The molecular formula is C13H14BrN3O2. The van der Waals surface area contributed by atoms with Gasteiger partial charge in [0.2, 0.25) is 0 Å². The van der Waals surface area contributed by atoms with Crippen LogP contribution >= 0.6 is 15.9 Å². The first-order chi connectivity index (χ1) is 9.15. The molecule has 2 aromatic rings. The van der Waals surface area contributed by atoms with Gasteiger partial charge in [-0.15, -0.1) is 0 Å². The molecule has 0 aliphatic heterocycles. The first-order valence-corrected chi connectivity index (χ1v) is 7.00. The van der Waals surface area contributed by atoms with E-state index in [1.807, 2.05) is 12.1 Å². The summed E-state index contributed by atoms with van der Waals surface area (Å²) in [6, 6.07) is 3.67. The molecule has 3 rings (SSSR count). The number of furan rings is 1. The van der Waals surface area contributed by atoms with Crippen LogP contribution in [0.15, 0.2) is 21.2 Å². The summed E-state index contributed by atoms with van der Waals surface area (Å²) < 4.78 is 6.08. The fraction of sp³-hybridized carbons (Fsp3) is 0.385. The molecule has 100 valence electrons. The minimum atomic E-state index is -0.0630. The highest BCUT2D eigenvalue weighted by Gasteiger charge is 2.25. The van der Waals surface area contributed by atoms with Gasteiger partial charge in [0.1, 0.15) is 5.76 Å². The zero-order chi connectivity index (χ0) is 13.4. The molecule has 1 amide bonds. The zero-order valence-electron chi connectivity index (χ0n) is 10.6. The standard InChI is InChI=1S/C13H14BrN3O2/c1-17(7-8-5-6-11(14)19-8)13(18)12-9-3-2-4-10(9)15-16-12/h5-6H,2-4,7H2,1H3,(H,15,16). The van der Waals surface area contributed by atoms with E-state index in [0.717, 1.165) is 36.3 Å². The Labute approximate surface area is 119 Å². The highest BCUT2D eigenvalue weighted by atomic mass is 79.9. The molecule has 6 heteroatoms. The number of amides is 1. The first kappa shape index (κ1) is 12.5. The number of fused-ring (bicyclic) bond motifs is 1. The van der Waals surface area contributed by atoms with Crippen molar-refractivity contribution in [1.29, 1.82) is 0 Å². The Morgan fingerprint density at radius 3 is 3.11 bits per heavy atom. The van der Waals surface area contributed by atoms with Gasteiger partial charge in [-0.05, 0) is 47.3 Å². The molecule has 0 radical (unpaired) electrons. The van der Waals surface area contributed by atoms with E-state index in [2.05, 4.69) is 26.1 Å². The molecule has 0 saturated heterocycles. The molecule has 19 heavy (non-hydrogen) atoms. The molecule has 0 saturated carbocycles. The summed E-state index contributed by atoms with van der Waals surface area (Å²) in [5.74, 6) is 0.682. The number of hydrogen-bond acceptors (Lipinski definition) is 3. The van der Waals surface area contributed by atoms with Gasteiger partial charge in [0.15, 0.2) is 10.4 Å². The summed E-state index contributed by atoms with van der Waals surface area (Å²) in [4.78, 5) is 14.0. The Morgan fingerprint density at radius 2 is 2.37 bits per heavy atom. The van der Waals surface area contributed by atoms with Crippen molar-refractivity contribution in [3.05, 3.63) is 39.5 Å². The van der Waals surface area contributed by atoms with E-state index in [0.29, 0.717) is 16.9 Å². The van der Waals surface area contributed by atoms with E-state index in [9.17, 15) is 4.79 Å². The Bertz CT molecular complexity index is 617. The Kier molecular flexibility index (Phi) is 3.18. The number of nitrogens with zero attached hydrogens (tertiary/aromatic N) is 2. The average molecular weight is 324 g/mol. The van der Waals surface area contributed by atoms with Gasteiger partial charge in [0.25, 0.3) is 5.91 Å². The molecule has 1 aliphatic carbocycles. The van der Waals surface area contributed by atoms with E-state index in [-0.39, 0.29) is 5.91 Å². The highest BCUT2D eigenvalue weighted by Crippen LogP contribution is 2.24. The molecule has 5 nitrogen and oxygen atoms in total. The number of nitrogens with one attached hydrogen (secondary N) is 1. The number of rotatable bonds is 3. The van der Waals surface area contributed by atoms with Crippen LogP contribution in [-0.4, -0.2) is 28.1 Å². The molecule has 0 fully saturated rings. The number of carbonyl (C=O) groups is 1. The predicted molar refractivity (Wildman–Crippen MR) is 72.8 cm³/mol. The van der Waals surface area contributed by atoms with Crippen LogP contribution in [0.5, 0.6) is 0 Å². The van der Waals surface area contributed by atoms with Crippen molar-refractivity contribution in [3.8, 4) is 0 Å². The van der Waals surface area contributed by atoms with Crippen molar-refractivity contribution >= 4 is 21.8 Å². The summed E-state index contributed by atoms with van der Waals surface area (Å²) >= 11 is 3.25. The van der Waals surface area contributed by atoms with E-state index in [4.69, 9.17) is 4.42 Å². The molecule has 1 N–H and O–H groups in total. The summed E-state index contributed by atoms with van der Waals surface area (Å²) in [5.41, 5.74) is 2.75. The summed E-state index contributed by atoms with van der Waals surface area (Å²) in [6.07, 6.45) is 3.02. The quantitative estimate of drug-likeness (QED) is 0.944. The maximum Gasteiger partial charge on any atom is 0.274 e. The topological polar surface area (TPSA) is 62.1 Å². The first-order valence-electron chi connectivity index (χ1n) is 6.21. The van der Waals surface area contributed by atoms with Gasteiger partial charge < -0.3 is 9.32 Å². The molecule has 0 spiro atoms. The number of hydrogen-bond donors (Lipinski definition) is 1. The molecule has 0 atom stereocenters. The maximum atomic E-state index is 12.4. The molecule has 0 unspecified atom stereocenters. The van der Waals surface area contributed by atoms with Crippen molar-refractivity contribution in [2.75, 3.05) is 7.05 Å². The lowest BCUT2D eigenvalue weighted by Crippen LogP contribution is -2.27. The monoisotopic (exact) mass is 323 g/mol. The molecule has 0 aromatic carbocycles. The number of halogens is 1. The predicted octanol–water partition coefficient (Wildman–Crippen LogP) is 2.53. The van der Waals surface area contributed by atoms with Crippen LogP contribution in [0.4, 0.5) is 0 Å². The van der Waals surface area contributed by atoms with Gasteiger partial charge in [0.05, 0.1) is 6.54 Å². The normalized spacial score (nSPS) is 13.6. The minimum absolute atomic E-state index is 0.0630. The van der Waals surface area contributed by atoms with Gasteiger partial charge in [-0.2, -0.15) is 5.10 Å². The second-order valence-corrected chi connectivity index (χ2v) is 5.53. The van der Waals surface area contributed by atoms with Crippen molar-refractivity contribution in [2.24, 2.45) is 0 Å². The smallest absolute Gasteiger partial charge is 0.274 e. The summed E-state index contributed by atoms with van der Waals surface area (Å²) in [5, 5.41) is 7.11. The Morgan fingerprint density at radius 1 is 1.53 bits per heavy atom. The fourth-order valence-corrected chi connectivity index (χ4v) is 2.76. The lowest BCUT2D eigenvalue weighted by Gasteiger charge is -2.14. The second-order valence-electron chi connectivity index (χ2n) is 4.75. The van der Waals surface area contributed by atoms with Gasteiger partial charge in [-0.3, -0.25) is 9.89 Å². The van der Waals surface area contributed by atoms with Crippen molar-refractivity contribution in [1.82, 2.24) is 15.1 Å². The fourth-order valence-electron chi connectivity index (χ4n) is 2.42. The number of aromatic nitrogens is 2. The molecule has 2 aromatic heterocycles. The lowest BCUT2D eigenvalue weighted by molar-refractivity contribution is 0.0768. The van der Waals surface area contributed by atoms with Gasteiger partial charge >= 0.3 is 0 Å². The van der Waals surface area contributed by atoms with Crippen LogP contribution < -0.4 is 0 Å². The minimum Gasteiger partial charge on any atom is -0.452 e. The second kappa shape index (κ2) is 4.85. The van der Waals surface area contributed by atoms with Crippen LogP contribution in [-0.2, 0) is 19.4 Å². The summed E-state index contributed by atoms with van der Waals surface area (Å²) in [6.45, 7) is 0.437. The van der Waals surface area contributed by atoms with Crippen LogP contribution in [0.25, 0.3) is 0 Å². The van der Waals surface area contributed by atoms with Gasteiger partial charge in [-0.25, -0.2) is 0 Å². The number of aromatic amines is 1. The van der Waals surface area contributed by atoms with Crippen molar-refractivity contribution < 1.29 is 9.21 Å².